The molecule has 23 heavy (non-hydrogen) atoms. The van der Waals surface area contributed by atoms with Crippen LogP contribution in [0.3, 0.4) is 0 Å². The summed E-state index contributed by atoms with van der Waals surface area (Å²) in [4.78, 5) is 12.2. The molecule has 0 aliphatic carbocycles. The van der Waals surface area contributed by atoms with Crippen LogP contribution in [-0.4, -0.2) is 20.6 Å². The first-order valence-electron chi connectivity index (χ1n) is 7.08. The van der Waals surface area contributed by atoms with Crippen LogP contribution >= 0.6 is 0 Å². The van der Waals surface area contributed by atoms with E-state index in [0.29, 0.717) is 16.7 Å². The molecule has 0 aliphatic heterocycles. The van der Waals surface area contributed by atoms with Gasteiger partial charge in [-0.2, -0.15) is 0 Å². The van der Waals surface area contributed by atoms with E-state index in [1.165, 1.54) is 6.07 Å². The molecular formula is C17H18FNO3S. The molecule has 0 spiro atoms. The highest BCUT2D eigenvalue weighted by Crippen LogP contribution is 2.17. The second-order valence-electron chi connectivity index (χ2n) is 5.48. The number of rotatable bonds is 5. The number of nitrogens with one attached hydrogen (secondary N) is 1. The molecule has 2 aromatic carbocycles. The van der Waals surface area contributed by atoms with Gasteiger partial charge in [-0.1, -0.05) is 30.3 Å². The van der Waals surface area contributed by atoms with Gasteiger partial charge in [0.2, 0.25) is 0 Å². The lowest BCUT2D eigenvalue weighted by atomic mass is 10.1. The Labute approximate surface area is 135 Å². The molecule has 0 fully saturated rings. The van der Waals surface area contributed by atoms with E-state index in [2.05, 4.69) is 5.32 Å². The van der Waals surface area contributed by atoms with Crippen molar-refractivity contribution in [2.24, 2.45) is 0 Å². The van der Waals surface area contributed by atoms with Crippen molar-refractivity contribution < 1.29 is 17.6 Å². The predicted octanol–water partition coefficient (Wildman–Crippen LogP) is 2.86. The molecule has 6 heteroatoms. The van der Waals surface area contributed by atoms with Gasteiger partial charge in [-0.05, 0) is 30.7 Å². The largest absolute Gasteiger partial charge is 0.345 e. The summed E-state index contributed by atoms with van der Waals surface area (Å²) in [6, 6.07) is 12.1. The Bertz CT molecular complexity index is 801. The van der Waals surface area contributed by atoms with Crippen molar-refractivity contribution >= 4 is 15.7 Å². The third-order valence-corrected chi connectivity index (χ3v) is 4.22. The minimum absolute atomic E-state index is 0.0689. The summed E-state index contributed by atoms with van der Waals surface area (Å²) in [5, 5.41) is 2.72. The Hall–Kier alpha value is -2.21. The Kier molecular flexibility index (Phi) is 5.15. The number of amides is 1. The zero-order valence-corrected chi connectivity index (χ0v) is 13.7. The van der Waals surface area contributed by atoms with Gasteiger partial charge in [0.1, 0.15) is 5.82 Å². The van der Waals surface area contributed by atoms with Gasteiger partial charge in [0, 0.05) is 17.4 Å². The number of hydrogen-bond donors (Lipinski definition) is 1. The molecule has 2 rings (SSSR count). The lowest BCUT2D eigenvalue weighted by Gasteiger charge is -2.15. The average Bonchev–Trinajstić information content (AvgIpc) is 2.46. The topological polar surface area (TPSA) is 63.2 Å². The van der Waals surface area contributed by atoms with Gasteiger partial charge >= 0.3 is 0 Å². The molecule has 0 radical (unpaired) electrons. The molecule has 0 heterocycles. The highest BCUT2D eigenvalue weighted by atomic mass is 32.2. The minimum Gasteiger partial charge on any atom is -0.345 e. The standard InChI is InChI=1S/C17H18FNO3S/c1-12(15-5-3-4-6-16(15)18)19-17(20)14-9-7-13(8-10-14)11-23(2,21)22/h3-10,12H,11H2,1-2H3,(H,19,20)/t12-/m1/s1. The Morgan fingerprint density at radius 2 is 1.74 bits per heavy atom. The molecule has 0 saturated heterocycles. The smallest absolute Gasteiger partial charge is 0.251 e. The molecule has 0 unspecified atom stereocenters. The number of halogens is 1. The molecule has 0 bridgehead atoms. The minimum atomic E-state index is -3.11. The van der Waals surface area contributed by atoms with E-state index in [0.717, 1.165) is 6.26 Å². The molecular weight excluding hydrogens is 317 g/mol. The maximum Gasteiger partial charge on any atom is 0.251 e. The van der Waals surface area contributed by atoms with Crippen LogP contribution in [0.4, 0.5) is 4.39 Å². The van der Waals surface area contributed by atoms with E-state index < -0.39 is 15.9 Å². The van der Waals surface area contributed by atoms with Crippen LogP contribution < -0.4 is 5.32 Å². The van der Waals surface area contributed by atoms with Gasteiger partial charge in [0.05, 0.1) is 11.8 Å². The second kappa shape index (κ2) is 6.91. The summed E-state index contributed by atoms with van der Waals surface area (Å²) >= 11 is 0. The molecule has 1 amide bonds. The van der Waals surface area contributed by atoms with E-state index in [9.17, 15) is 17.6 Å². The zero-order valence-electron chi connectivity index (χ0n) is 12.9. The fourth-order valence-electron chi connectivity index (χ4n) is 2.24. The Morgan fingerprint density at radius 3 is 2.30 bits per heavy atom. The quantitative estimate of drug-likeness (QED) is 0.914. The summed E-state index contributed by atoms with van der Waals surface area (Å²) in [5.74, 6) is -0.781. The van der Waals surface area contributed by atoms with Crippen LogP contribution in [0.5, 0.6) is 0 Å². The van der Waals surface area contributed by atoms with Crippen molar-refractivity contribution in [1.29, 1.82) is 0 Å². The number of hydrogen-bond acceptors (Lipinski definition) is 3. The molecule has 0 saturated carbocycles. The third-order valence-electron chi connectivity index (χ3n) is 3.36. The van der Waals surface area contributed by atoms with Gasteiger partial charge in [-0.3, -0.25) is 4.79 Å². The van der Waals surface area contributed by atoms with Crippen LogP contribution in [0.25, 0.3) is 0 Å². The average molecular weight is 335 g/mol. The van der Waals surface area contributed by atoms with Gasteiger partial charge < -0.3 is 5.32 Å². The van der Waals surface area contributed by atoms with Crippen LogP contribution in [0.2, 0.25) is 0 Å². The van der Waals surface area contributed by atoms with E-state index >= 15 is 0 Å². The molecule has 122 valence electrons. The monoisotopic (exact) mass is 335 g/mol. The van der Waals surface area contributed by atoms with Crippen molar-refractivity contribution in [2.75, 3.05) is 6.26 Å². The molecule has 1 atom stereocenters. The maximum atomic E-state index is 13.7. The molecule has 1 N–H and O–H groups in total. The number of carbonyl (C=O) groups excluding carboxylic acids is 1. The fraction of sp³-hybridized carbons (Fsp3) is 0.235. The Balaban J connectivity index is 2.08. The van der Waals surface area contributed by atoms with Gasteiger partial charge in [-0.15, -0.1) is 0 Å². The lowest BCUT2D eigenvalue weighted by molar-refractivity contribution is 0.0939. The summed E-state index contributed by atoms with van der Waals surface area (Å²) < 4.78 is 36.2. The number of carbonyl (C=O) groups is 1. The zero-order chi connectivity index (χ0) is 17.0. The third kappa shape index (κ3) is 4.89. The van der Waals surface area contributed by atoms with Crippen molar-refractivity contribution in [2.45, 2.75) is 18.7 Å². The van der Waals surface area contributed by atoms with Crippen LogP contribution in [0.15, 0.2) is 48.5 Å². The van der Waals surface area contributed by atoms with E-state index in [4.69, 9.17) is 0 Å². The van der Waals surface area contributed by atoms with Crippen LogP contribution in [0.1, 0.15) is 34.5 Å². The first kappa shape index (κ1) is 17.1. The fourth-order valence-corrected chi connectivity index (χ4v) is 3.04. The van der Waals surface area contributed by atoms with Crippen molar-refractivity contribution in [3.63, 3.8) is 0 Å². The normalized spacial score (nSPS) is 12.7. The SMILES string of the molecule is C[C@@H](NC(=O)c1ccc(CS(C)(=O)=O)cc1)c1ccccc1F. The van der Waals surface area contributed by atoms with Crippen molar-refractivity contribution in [3.05, 3.63) is 71.0 Å². The highest BCUT2D eigenvalue weighted by molar-refractivity contribution is 7.89. The number of benzene rings is 2. The molecule has 2 aromatic rings. The lowest BCUT2D eigenvalue weighted by Crippen LogP contribution is -2.27. The van der Waals surface area contributed by atoms with Crippen molar-refractivity contribution in [1.82, 2.24) is 5.32 Å². The molecule has 0 aliphatic rings. The summed E-state index contributed by atoms with van der Waals surface area (Å²) in [5.41, 5.74) is 1.42. The first-order valence-corrected chi connectivity index (χ1v) is 9.14. The highest BCUT2D eigenvalue weighted by Gasteiger charge is 2.14. The summed E-state index contributed by atoms with van der Waals surface area (Å²) in [7, 11) is -3.11. The van der Waals surface area contributed by atoms with E-state index in [1.807, 2.05) is 0 Å². The second-order valence-corrected chi connectivity index (χ2v) is 7.62. The molecule has 4 nitrogen and oxygen atoms in total. The molecule has 0 aromatic heterocycles. The van der Waals surface area contributed by atoms with Crippen molar-refractivity contribution in [3.8, 4) is 0 Å². The van der Waals surface area contributed by atoms with Crippen LogP contribution in [0, 0.1) is 5.82 Å². The first-order chi connectivity index (χ1) is 10.8. The summed E-state index contributed by atoms with van der Waals surface area (Å²) in [6.07, 6.45) is 1.16. The van der Waals surface area contributed by atoms with Gasteiger partial charge in [-0.25, -0.2) is 12.8 Å². The van der Waals surface area contributed by atoms with E-state index in [-0.39, 0.29) is 17.5 Å². The van der Waals surface area contributed by atoms with Crippen LogP contribution in [-0.2, 0) is 15.6 Å². The van der Waals surface area contributed by atoms with E-state index in [1.54, 1.807) is 49.4 Å². The summed E-state index contributed by atoms with van der Waals surface area (Å²) in [6.45, 7) is 1.70. The Morgan fingerprint density at radius 1 is 1.13 bits per heavy atom. The predicted molar refractivity (Wildman–Crippen MR) is 87.3 cm³/mol. The van der Waals surface area contributed by atoms with Gasteiger partial charge in [0.25, 0.3) is 5.91 Å². The van der Waals surface area contributed by atoms with Gasteiger partial charge in [0.15, 0.2) is 9.84 Å². The maximum absolute atomic E-state index is 13.7. The number of sulfone groups is 1.